The molecule has 2 atom stereocenters. The van der Waals surface area contributed by atoms with Crippen molar-refractivity contribution in [2.75, 3.05) is 13.2 Å². The maximum atomic E-state index is 13.3. The lowest BCUT2D eigenvalue weighted by Gasteiger charge is -2.17. The quantitative estimate of drug-likeness (QED) is 0.854. The van der Waals surface area contributed by atoms with Crippen LogP contribution < -0.4 is 5.73 Å². The van der Waals surface area contributed by atoms with Gasteiger partial charge >= 0.3 is 0 Å². The van der Waals surface area contributed by atoms with Crippen LogP contribution in [0.1, 0.15) is 24.8 Å². The van der Waals surface area contributed by atoms with Crippen molar-refractivity contribution in [2.45, 2.75) is 25.9 Å². The van der Waals surface area contributed by atoms with Gasteiger partial charge < -0.3 is 10.5 Å². The van der Waals surface area contributed by atoms with E-state index in [9.17, 15) is 4.39 Å². The van der Waals surface area contributed by atoms with Crippen molar-refractivity contribution in [3.63, 3.8) is 0 Å². The first-order valence-corrected chi connectivity index (χ1v) is 6.32. The van der Waals surface area contributed by atoms with Crippen molar-refractivity contribution in [1.82, 2.24) is 0 Å². The maximum absolute atomic E-state index is 13.3. The Morgan fingerprint density at radius 1 is 1.24 bits per heavy atom. The minimum absolute atomic E-state index is 0.186. The van der Waals surface area contributed by atoms with Crippen LogP contribution >= 0.6 is 0 Å². The van der Waals surface area contributed by atoms with Crippen molar-refractivity contribution in [3.8, 4) is 0 Å². The third-order valence-electron chi connectivity index (χ3n) is 3.67. The largest absolute Gasteiger partial charge is 0.376 e. The SMILES string of the molecule is NCC1CCCC1COCc1ccccc1F. The van der Waals surface area contributed by atoms with Gasteiger partial charge in [0.25, 0.3) is 0 Å². The molecular weight excluding hydrogens is 217 g/mol. The number of halogens is 1. The van der Waals surface area contributed by atoms with Crippen molar-refractivity contribution < 1.29 is 9.13 Å². The first-order valence-electron chi connectivity index (χ1n) is 6.32. The van der Waals surface area contributed by atoms with Crippen molar-refractivity contribution >= 4 is 0 Å². The Morgan fingerprint density at radius 3 is 2.76 bits per heavy atom. The standard InChI is InChI=1S/C14H20FNO/c15-14-7-2-1-4-13(14)10-17-9-12-6-3-5-11(12)8-16/h1-2,4,7,11-12H,3,5-6,8-10,16H2. The van der Waals surface area contributed by atoms with Crippen molar-refractivity contribution in [1.29, 1.82) is 0 Å². The molecule has 0 aromatic heterocycles. The molecule has 2 nitrogen and oxygen atoms in total. The fraction of sp³-hybridized carbons (Fsp3) is 0.571. The van der Waals surface area contributed by atoms with Crippen molar-refractivity contribution in [2.24, 2.45) is 17.6 Å². The van der Waals surface area contributed by atoms with E-state index in [1.807, 2.05) is 6.07 Å². The molecule has 2 N–H and O–H groups in total. The highest BCUT2D eigenvalue weighted by atomic mass is 19.1. The number of rotatable bonds is 5. The molecule has 0 spiro atoms. The molecule has 1 aromatic rings. The molecule has 2 unspecified atom stereocenters. The van der Waals surface area contributed by atoms with Crippen LogP contribution in [0.3, 0.4) is 0 Å². The van der Waals surface area contributed by atoms with Crippen molar-refractivity contribution in [3.05, 3.63) is 35.6 Å². The summed E-state index contributed by atoms with van der Waals surface area (Å²) in [5.41, 5.74) is 6.35. The van der Waals surface area contributed by atoms with E-state index in [1.54, 1.807) is 12.1 Å². The molecule has 2 rings (SSSR count). The highest BCUT2D eigenvalue weighted by Crippen LogP contribution is 2.31. The zero-order valence-electron chi connectivity index (χ0n) is 10.1. The maximum Gasteiger partial charge on any atom is 0.128 e. The second kappa shape index (κ2) is 6.12. The molecule has 1 saturated carbocycles. The van der Waals surface area contributed by atoms with Gasteiger partial charge in [0.2, 0.25) is 0 Å². The van der Waals surface area contributed by atoms with E-state index in [1.165, 1.54) is 25.3 Å². The predicted octanol–water partition coefficient (Wildman–Crippen LogP) is 2.72. The van der Waals surface area contributed by atoms with Crippen LogP contribution in [0.5, 0.6) is 0 Å². The van der Waals surface area contributed by atoms with Crippen LogP contribution in [-0.2, 0) is 11.3 Å². The zero-order chi connectivity index (χ0) is 12.1. The minimum Gasteiger partial charge on any atom is -0.376 e. The second-order valence-corrected chi connectivity index (χ2v) is 4.79. The van der Waals surface area contributed by atoms with Crippen LogP contribution in [0, 0.1) is 17.7 Å². The summed E-state index contributed by atoms with van der Waals surface area (Å²) in [7, 11) is 0. The lowest BCUT2D eigenvalue weighted by Crippen LogP contribution is -2.22. The van der Waals surface area contributed by atoms with Gasteiger partial charge in [-0.15, -0.1) is 0 Å². The summed E-state index contributed by atoms with van der Waals surface area (Å²) in [6, 6.07) is 6.77. The molecule has 17 heavy (non-hydrogen) atoms. The normalized spacial score (nSPS) is 24.1. The summed E-state index contributed by atoms with van der Waals surface area (Å²) in [5.74, 6) is 0.969. The van der Waals surface area contributed by atoms with Gasteiger partial charge in [0, 0.05) is 5.56 Å². The molecule has 1 fully saturated rings. The number of benzene rings is 1. The average molecular weight is 237 g/mol. The number of hydrogen-bond acceptors (Lipinski definition) is 2. The first kappa shape index (κ1) is 12.5. The Labute approximate surface area is 102 Å². The Morgan fingerprint density at radius 2 is 2.00 bits per heavy atom. The minimum atomic E-state index is -0.186. The lowest BCUT2D eigenvalue weighted by molar-refractivity contribution is 0.0737. The summed E-state index contributed by atoms with van der Waals surface area (Å²) in [6.45, 7) is 1.81. The predicted molar refractivity (Wildman–Crippen MR) is 65.9 cm³/mol. The highest BCUT2D eigenvalue weighted by Gasteiger charge is 2.25. The zero-order valence-corrected chi connectivity index (χ0v) is 10.1. The van der Waals surface area contributed by atoms with E-state index in [0.29, 0.717) is 30.6 Å². The highest BCUT2D eigenvalue weighted by molar-refractivity contribution is 5.16. The Balaban J connectivity index is 1.78. The van der Waals surface area contributed by atoms with Gasteiger partial charge in [-0.3, -0.25) is 0 Å². The van der Waals surface area contributed by atoms with E-state index < -0.39 is 0 Å². The molecule has 0 radical (unpaired) electrons. The summed E-state index contributed by atoms with van der Waals surface area (Å²) in [5, 5.41) is 0. The van der Waals surface area contributed by atoms with Gasteiger partial charge in [-0.2, -0.15) is 0 Å². The summed E-state index contributed by atoms with van der Waals surface area (Å²) in [4.78, 5) is 0. The van der Waals surface area contributed by atoms with E-state index in [2.05, 4.69) is 0 Å². The van der Waals surface area contributed by atoms with Gasteiger partial charge in [-0.25, -0.2) is 4.39 Å². The van der Waals surface area contributed by atoms with Gasteiger partial charge in [0.05, 0.1) is 13.2 Å². The van der Waals surface area contributed by atoms with E-state index in [0.717, 1.165) is 6.54 Å². The van der Waals surface area contributed by atoms with Crippen LogP contribution in [0.4, 0.5) is 4.39 Å². The van der Waals surface area contributed by atoms with E-state index in [4.69, 9.17) is 10.5 Å². The molecule has 0 heterocycles. The van der Waals surface area contributed by atoms with E-state index >= 15 is 0 Å². The number of ether oxygens (including phenoxy) is 1. The van der Waals surface area contributed by atoms with Crippen LogP contribution in [0.25, 0.3) is 0 Å². The fourth-order valence-corrected chi connectivity index (χ4v) is 2.58. The summed E-state index contributed by atoms with van der Waals surface area (Å²) in [6.07, 6.45) is 3.65. The van der Waals surface area contributed by atoms with Gasteiger partial charge in [0.15, 0.2) is 0 Å². The average Bonchev–Trinajstić information content (AvgIpc) is 2.79. The molecule has 0 saturated heterocycles. The molecule has 1 aliphatic rings. The Hall–Kier alpha value is -0.930. The third-order valence-corrected chi connectivity index (χ3v) is 3.67. The van der Waals surface area contributed by atoms with Gasteiger partial charge in [0.1, 0.15) is 5.82 Å². The number of hydrogen-bond donors (Lipinski definition) is 1. The van der Waals surface area contributed by atoms with Gasteiger partial charge in [-0.05, 0) is 37.3 Å². The summed E-state index contributed by atoms with van der Waals surface area (Å²) < 4.78 is 19.0. The van der Waals surface area contributed by atoms with Gasteiger partial charge in [-0.1, -0.05) is 24.6 Å². The second-order valence-electron chi connectivity index (χ2n) is 4.79. The fourth-order valence-electron chi connectivity index (χ4n) is 2.58. The summed E-state index contributed by atoms with van der Waals surface area (Å²) >= 11 is 0. The monoisotopic (exact) mass is 237 g/mol. The number of nitrogens with two attached hydrogens (primary N) is 1. The first-order chi connectivity index (χ1) is 8.31. The molecular formula is C14H20FNO. The van der Waals surface area contributed by atoms with Crippen LogP contribution in [-0.4, -0.2) is 13.2 Å². The molecule has 1 aromatic carbocycles. The lowest BCUT2D eigenvalue weighted by atomic mass is 9.97. The molecule has 0 amide bonds. The Kier molecular flexibility index (Phi) is 4.51. The van der Waals surface area contributed by atoms with Crippen LogP contribution in [0.15, 0.2) is 24.3 Å². The topological polar surface area (TPSA) is 35.2 Å². The molecule has 3 heteroatoms. The molecule has 0 aliphatic heterocycles. The smallest absolute Gasteiger partial charge is 0.128 e. The molecule has 0 bridgehead atoms. The molecule has 94 valence electrons. The van der Waals surface area contributed by atoms with Crippen LogP contribution in [0.2, 0.25) is 0 Å². The Bertz CT molecular complexity index is 356. The van der Waals surface area contributed by atoms with E-state index in [-0.39, 0.29) is 5.82 Å². The third kappa shape index (κ3) is 3.27. The molecule has 1 aliphatic carbocycles.